The standard InChI is InChI=1S/C22H20F4N6O3.C17H13BrF4N6O2/c1-11-28-20(32(30-11)10-22(24,25)26)17-16(18(27)33)29-19-13-8-12(4-5-21(2,3)34)14(23)9-15(13)35-7-6-31(17)19;1-7-24-16(28(26-7)6-17(20,21)22)13-12(14(23)29)25-15-8-4-9(18)10(19)5-11(8)30-3-2-27(13)15/h8-9,34H,6-7,10H2,1-3H3,(H2,27,33);4-5H,2-3,6H2,1H3,(H2,23,29). The Bertz CT molecular complexity index is 2950. The molecule has 0 radical (unpaired) electrons. The first kappa shape index (κ1) is 46.1. The third kappa shape index (κ3) is 9.79. The van der Waals surface area contributed by atoms with Crippen molar-refractivity contribution in [1.29, 1.82) is 0 Å². The van der Waals surface area contributed by atoms with Gasteiger partial charge >= 0.3 is 12.4 Å². The molecule has 0 atom stereocenters. The summed E-state index contributed by atoms with van der Waals surface area (Å²) in [6, 6.07) is 4.99. The van der Waals surface area contributed by atoms with E-state index in [0.29, 0.717) is 14.9 Å². The van der Waals surface area contributed by atoms with E-state index in [1.165, 1.54) is 49.0 Å². The number of benzene rings is 2. The zero-order valence-electron chi connectivity index (χ0n) is 34.2. The van der Waals surface area contributed by atoms with Crippen LogP contribution in [0.15, 0.2) is 28.7 Å². The summed E-state index contributed by atoms with van der Waals surface area (Å²) in [5.41, 5.74) is 9.42. The minimum absolute atomic E-state index is 0.0118. The number of fused-ring (bicyclic) bond motifs is 6. The van der Waals surface area contributed by atoms with E-state index in [0.717, 1.165) is 12.1 Å². The molecule has 2 aliphatic heterocycles. The van der Waals surface area contributed by atoms with Gasteiger partial charge in [0.15, 0.2) is 23.0 Å². The predicted molar refractivity (Wildman–Crippen MR) is 214 cm³/mol. The molecule has 26 heteroatoms. The first-order chi connectivity index (χ1) is 30.3. The van der Waals surface area contributed by atoms with Gasteiger partial charge in [-0.3, -0.25) is 9.59 Å². The fourth-order valence-corrected chi connectivity index (χ4v) is 7.20. The van der Waals surface area contributed by atoms with Crippen molar-refractivity contribution in [2.45, 2.75) is 71.8 Å². The zero-order chi connectivity index (χ0) is 47.5. The lowest BCUT2D eigenvalue weighted by Crippen LogP contribution is -2.21. The van der Waals surface area contributed by atoms with Crippen LogP contribution >= 0.6 is 15.9 Å². The summed E-state index contributed by atoms with van der Waals surface area (Å²) < 4.78 is 123. The second-order valence-electron chi connectivity index (χ2n) is 14.9. The summed E-state index contributed by atoms with van der Waals surface area (Å²) in [5.74, 6) is 2.08. The fraction of sp³-hybridized carbons (Fsp3) is 0.333. The van der Waals surface area contributed by atoms with Gasteiger partial charge in [0, 0.05) is 12.1 Å². The molecule has 6 aromatic rings. The maximum Gasteiger partial charge on any atom is 0.408 e. The van der Waals surface area contributed by atoms with Crippen LogP contribution in [0, 0.1) is 37.3 Å². The van der Waals surface area contributed by atoms with Crippen molar-refractivity contribution in [1.82, 2.24) is 48.6 Å². The molecule has 0 bridgehead atoms. The summed E-state index contributed by atoms with van der Waals surface area (Å²) in [7, 11) is 0. The monoisotopic (exact) mass is 980 g/mol. The van der Waals surface area contributed by atoms with Crippen LogP contribution in [-0.4, -0.2) is 96.7 Å². The number of aromatic nitrogens is 10. The number of carbonyl (C=O) groups is 2. The highest BCUT2D eigenvalue weighted by atomic mass is 79.9. The van der Waals surface area contributed by atoms with E-state index in [1.807, 2.05) is 0 Å². The molecule has 2 amide bonds. The Morgan fingerprint density at radius 1 is 0.723 bits per heavy atom. The Morgan fingerprint density at radius 2 is 1.15 bits per heavy atom. The number of aryl methyl sites for hydroxylation is 2. The predicted octanol–water partition coefficient (Wildman–Crippen LogP) is 5.50. The molecule has 4 aromatic heterocycles. The van der Waals surface area contributed by atoms with E-state index in [4.69, 9.17) is 20.9 Å². The SMILES string of the molecule is Cc1nc(-c2c(C(N)=O)nc3n2CCOc2cc(F)c(Br)cc2-3)n(CC(F)(F)F)n1.Cc1nc(-c2c(C(N)=O)nc3n2CCOc2cc(F)c(C#CC(C)(C)O)cc2-3)n(CC(F)(F)F)n1. The van der Waals surface area contributed by atoms with Crippen LogP contribution in [0.25, 0.3) is 45.8 Å². The number of hydrogen-bond acceptors (Lipinski definition) is 11. The van der Waals surface area contributed by atoms with Gasteiger partial charge in [-0.25, -0.2) is 38.1 Å². The number of amides is 2. The van der Waals surface area contributed by atoms with E-state index in [2.05, 4.69) is 57.9 Å². The minimum Gasteiger partial charge on any atom is -0.491 e. The molecule has 0 saturated heterocycles. The number of alkyl halides is 6. The van der Waals surface area contributed by atoms with Gasteiger partial charge < -0.3 is 35.2 Å². The molecule has 17 nitrogen and oxygen atoms in total. The van der Waals surface area contributed by atoms with Gasteiger partial charge in [-0.05, 0) is 55.8 Å². The highest BCUT2D eigenvalue weighted by molar-refractivity contribution is 9.10. The molecule has 0 spiro atoms. The van der Waals surface area contributed by atoms with Crippen molar-refractivity contribution in [3.63, 3.8) is 0 Å². The highest BCUT2D eigenvalue weighted by Gasteiger charge is 2.36. The van der Waals surface area contributed by atoms with E-state index in [1.54, 1.807) is 0 Å². The smallest absolute Gasteiger partial charge is 0.408 e. The first-order valence-electron chi connectivity index (χ1n) is 18.9. The fourth-order valence-electron chi connectivity index (χ4n) is 6.85. The van der Waals surface area contributed by atoms with Gasteiger partial charge in [-0.1, -0.05) is 11.8 Å². The number of halogens is 9. The van der Waals surface area contributed by atoms with Gasteiger partial charge in [0.2, 0.25) is 0 Å². The molecule has 2 aliphatic rings. The molecule has 0 aliphatic carbocycles. The third-order valence-corrected chi connectivity index (χ3v) is 9.87. The van der Waals surface area contributed by atoms with Crippen LogP contribution in [0.5, 0.6) is 11.5 Å². The van der Waals surface area contributed by atoms with Gasteiger partial charge in [-0.15, -0.1) is 0 Å². The molecule has 0 saturated carbocycles. The topological polar surface area (TPSA) is 222 Å². The van der Waals surface area contributed by atoms with E-state index >= 15 is 0 Å². The number of aliphatic hydroxyl groups is 1. The molecule has 8 rings (SSSR count). The van der Waals surface area contributed by atoms with Crippen molar-refractivity contribution in [3.05, 3.63) is 69.0 Å². The average Bonchev–Trinajstić information content (AvgIpc) is 3.88. The summed E-state index contributed by atoms with van der Waals surface area (Å²) in [5, 5.41) is 17.5. The van der Waals surface area contributed by atoms with Crippen LogP contribution < -0.4 is 20.9 Å². The Kier molecular flexibility index (Phi) is 12.0. The Labute approximate surface area is 369 Å². The Balaban J connectivity index is 0.000000196. The largest absolute Gasteiger partial charge is 0.491 e. The molecule has 65 heavy (non-hydrogen) atoms. The van der Waals surface area contributed by atoms with Crippen molar-refractivity contribution < 1.29 is 59.3 Å². The van der Waals surface area contributed by atoms with Crippen LogP contribution in [-0.2, 0) is 26.2 Å². The maximum atomic E-state index is 14.7. The molecular weight excluding hydrogens is 948 g/mol. The summed E-state index contributed by atoms with van der Waals surface area (Å²) in [6.45, 7) is 3.04. The van der Waals surface area contributed by atoms with Crippen LogP contribution in [0.4, 0.5) is 35.1 Å². The lowest BCUT2D eigenvalue weighted by atomic mass is 10.1. The van der Waals surface area contributed by atoms with Crippen molar-refractivity contribution in [3.8, 4) is 69.2 Å². The van der Waals surface area contributed by atoms with Crippen LogP contribution in [0.3, 0.4) is 0 Å². The number of imidazole rings is 2. The Hall–Kier alpha value is -6.88. The molecule has 5 N–H and O–H groups in total. The lowest BCUT2D eigenvalue weighted by molar-refractivity contribution is -0.143. The molecule has 342 valence electrons. The van der Waals surface area contributed by atoms with Crippen LogP contribution in [0.1, 0.15) is 52.0 Å². The quantitative estimate of drug-likeness (QED) is 0.140. The molecule has 0 unspecified atom stereocenters. The number of nitrogens with zero attached hydrogens (tertiary/aromatic N) is 10. The first-order valence-corrected chi connectivity index (χ1v) is 19.7. The van der Waals surface area contributed by atoms with Crippen molar-refractivity contribution >= 4 is 27.7 Å². The average molecular weight is 982 g/mol. The number of nitrogens with two attached hydrogens (primary N) is 2. The molecule has 6 heterocycles. The van der Waals surface area contributed by atoms with Gasteiger partial charge in [-0.2, -0.15) is 36.5 Å². The normalized spacial score (nSPS) is 13.3. The van der Waals surface area contributed by atoms with Gasteiger partial charge in [0.1, 0.15) is 89.7 Å². The van der Waals surface area contributed by atoms with Gasteiger partial charge in [0.05, 0.1) is 34.3 Å². The molecule has 2 aromatic carbocycles. The second kappa shape index (κ2) is 16.9. The zero-order valence-corrected chi connectivity index (χ0v) is 35.7. The van der Waals surface area contributed by atoms with Gasteiger partial charge in [0.25, 0.3) is 11.8 Å². The Morgan fingerprint density at radius 3 is 1.57 bits per heavy atom. The minimum atomic E-state index is -4.61. The maximum absolute atomic E-state index is 14.7. The summed E-state index contributed by atoms with van der Waals surface area (Å²) >= 11 is 3.09. The number of hydrogen-bond donors (Lipinski definition) is 3. The summed E-state index contributed by atoms with van der Waals surface area (Å²) in [4.78, 5) is 41.1. The molecular formula is C39H33BrF8N12O5. The number of ether oxygens (including phenoxy) is 2. The third-order valence-electron chi connectivity index (χ3n) is 9.26. The highest BCUT2D eigenvalue weighted by Crippen LogP contribution is 2.41. The molecule has 0 fully saturated rings. The number of carbonyl (C=O) groups excluding carboxylic acids is 2. The van der Waals surface area contributed by atoms with E-state index in [-0.39, 0.29) is 111 Å². The van der Waals surface area contributed by atoms with Crippen LogP contribution in [0.2, 0.25) is 0 Å². The van der Waals surface area contributed by atoms with Crippen molar-refractivity contribution in [2.24, 2.45) is 11.5 Å². The number of rotatable bonds is 6. The summed E-state index contributed by atoms with van der Waals surface area (Å²) in [6.07, 6.45) is -9.17. The van der Waals surface area contributed by atoms with Crippen molar-refractivity contribution in [2.75, 3.05) is 13.2 Å². The van der Waals surface area contributed by atoms with E-state index in [9.17, 15) is 49.8 Å². The van der Waals surface area contributed by atoms with E-state index < -0.39 is 54.5 Å². The number of primary amides is 2. The lowest BCUT2D eigenvalue weighted by Gasteiger charge is -2.12. The second-order valence-corrected chi connectivity index (χ2v) is 15.8.